The Morgan fingerprint density at radius 2 is 1.22 bits per heavy atom. The average Bonchev–Trinajstić information content (AvgIpc) is 3.71. The van der Waals surface area contributed by atoms with Crippen LogP contribution in [0.3, 0.4) is 0 Å². The van der Waals surface area contributed by atoms with E-state index in [-0.39, 0.29) is 47.3 Å². The molecule has 0 nitrogen and oxygen atoms in total. The van der Waals surface area contributed by atoms with Crippen LogP contribution in [0, 0.1) is 25.0 Å². The summed E-state index contributed by atoms with van der Waals surface area (Å²) in [7, 11) is 0. The van der Waals surface area contributed by atoms with Crippen LogP contribution in [0.2, 0.25) is 0 Å². The van der Waals surface area contributed by atoms with Crippen molar-refractivity contribution in [3.05, 3.63) is 177 Å². The number of halogens is 4. The number of benzene rings is 4. The number of aryl methyl sites for hydroxylation is 1. The van der Waals surface area contributed by atoms with Gasteiger partial charge in [-0.25, -0.2) is 18.6 Å². The van der Waals surface area contributed by atoms with Gasteiger partial charge in [0.05, 0.1) is 0 Å². The second kappa shape index (κ2) is 17.1. The molecular weight excluding hydrogens is 801 g/mol. The van der Waals surface area contributed by atoms with Gasteiger partial charge in [-0.2, -0.15) is 28.8 Å². The molecule has 3 aliphatic rings. The van der Waals surface area contributed by atoms with Crippen LogP contribution in [0.15, 0.2) is 103 Å². The number of hydrogen-bond donors (Lipinski definition) is 0. The first-order chi connectivity index (χ1) is 24.8. The van der Waals surface area contributed by atoms with Gasteiger partial charge in [-0.3, -0.25) is 0 Å². The maximum absolute atomic E-state index is 13.0. The number of hydrogen-bond acceptors (Lipinski definition) is 0. The van der Waals surface area contributed by atoms with E-state index >= 15 is 0 Å². The maximum atomic E-state index is 13.0. The van der Waals surface area contributed by atoms with Gasteiger partial charge in [0, 0.05) is 0 Å². The summed E-state index contributed by atoms with van der Waals surface area (Å²) in [6, 6.07) is 29.3. The molecule has 8 rings (SSSR count). The minimum atomic E-state index is -0.270. The normalized spacial score (nSPS) is 15.2. The van der Waals surface area contributed by atoms with Gasteiger partial charge in [-0.05, 0) is 70.2 Å². The number of allylic oxidation sites excluding steroid dienone is 4. The Hall–Kier alpha value is -3.23. The van der Waals surface area contributed by atoms with Gasteiger partial charge in [0.25, 0.3) is 0 Å². The Morgan fingerprint density at radius 3 is 1.69 bits per heavy atom. The van der Waals surface area contributed by atoms with Crippen LogP contribution in [0.4, 0.5) is 8.78 Å². The summed E-state index contributed by atoms with van der Waals surface area (Å²) < 4.78 is 27.0. The summed E-state index contributed by atoms with van der Waals surface area (Å²) in [5.74, 6) is -0.539. The first-order valence-electron chi connectivity index (χ1n) is 18.7. The fourth-order valence-corrected chi connectivity index (χ4v) is 8.42. The third-order valence-electron chi connectivity index (χ3n) is 11.1. The molecule has 5 heteroatoms. The molecule has 0 aromatic heterocycles. The van der Waals surface area contributed by atoms with Crippen LogP contribution in [-0.2, 0) is 46.9 Å². The predicted octanol–water partition coefficient (Wildman–Crippen LogP) is 7.34. The zero-order chi connectivity index (χ0) is 38.5. The van der Waals surface area contributed by atoms with E-state index < -0.39 is 0 Å². The van der Waals surface area contributed by atoms with Crippen LogP contribution >= 0.6 is 0 Å². The van der Waals surface area contributed by atoms with E-state index in [9.17, 15) is 8.78 Å². The molecule has 5 aromatic carbocycles. The third kappa shape index (κ3) is 9.67. The largest absolute Gasteiger partial charge is 1.00 e. The Bertz CT molecular complexity index is 2140. The molecule has 0 saturated heterocycles. The van der Waals surface area contributed by atoms with E-state index in [2.05, 4.69) is 130 Å². The van der Waals surface area contributed by atoms with E-state index in [1.54, 1.807) is 12.1 Å². The number of rotatable bonds is 2. The average molecular weight is 853 g/mol. The summed E-state index contributed by atoms with van der Waals surface area (Å²) in [6.07, 6.45) is 9.28. The molecule has 0 saturated carbocycles. The van der Waals surface area contributed by atoms with E-state index in [4.69, 9.17) is 0 Å². The summed E-state index contributed by atoms with van der Waals surface area (Å²) >= 11 is 1.13. The smallest absolute Gasteiger partial charge is 1.00 e. The van der Waals surface area contributed by atoms with Crippen molar-refractivity contribution in [3.63, 3.8) is 0 Å². The Balaban J connectivity index is 0.000000205. The van der Waals surface area contributed by atoms with Gasteiger partial charge >= 0.3 is 108 Å². The zero-order valence-corrected chi connectivity index (χ0v) is 37.8. The van der Waals surface area contributed by atoms with Crippen molar-refractivity contribution in [3.8, 4) is 11.1 Å². The van der Waals surface area contributed by atoms with Gasteiger partial charge in [0.2, 0.25) is 0 Å². The van der Waals surface area contributed by atoms with E-state index in [1.807, 2.05) is 12.1 Å². The van der Waals surface area contributed by atoms with E-state index in [0.29, 0.717) is 5.41 Å². The zero-order valence-electron chi connectivity index (χ0n) is 33.8. The first kappa shape index (κ1) is 44.5. The van der Waals surface area contributed by atoms with Crippen molar-refractivity contribution in [2.24, 2.45) is 0 Å². The van der Waals surface area contributed by atoms with E-state index in [1.165, 1.54) is 91.0 Å². The molecule has 3 aliphatic carbocycles. The minimum absolute atomic E-state index is 0. The van der Waals surface area contributed by atoms with Crippen molar-refractivity contribution >= 4 is 14.4 Å². The monoisotopic (exact) mass is 850 g/mol. The maximum Gasteiger partial charge on any atom is -1.00 e. The molecule has 0 fully saturated rings. The molecule has 0 heterocycles. The summed E-state index contributed by atoms with van der Waals surface area (Å²) in [5.41, 5.74) is 19.7. The van der Waals surface area contributed by atoms with Crippen molar-refractivity contribution in [2.45, 2.75) is 98.3 Å². The van der Waals surface area contributed by atoms with Crippen molar-refractivity contribution in [1.82, 2.24) is 0 Å². The van der Waals surface area contributed by atoms with Crippen molar-refractivity contribution in [2.75, 3.05) is 0 Å². The van der Waals surface area contributed by atoms with Crippen LogP contribution < -0.4 is 24.8 Å². The molecule has 0 unspecified atom stereocenters. The molecule has 0 N–H and O–H groups in total. The van der Waals surface area contributed by atoms with Crippen molar-refractivity contribution in [1.29, 1.82) is 0 Å². The summed E-state index contributed by atoms with van der Waals surface area (Å²) in [5, 5.41) is 0. The van der Waals surface area contributed by atoms with Crippen LogP contribution in [-0.4, -0.2) is 3.21 Å². The molecule has 286 valence electrons. The van der Waals surface area contributed by atoms with Gasteiger partial charge in [-0.15, -0.1) is 12.5 Å². The molecule has 0 radical (unpaired) electrons. The molecule has 0 amide bonds. The summed E-state index contributed by atoms with van der Waals surface area (Å²) in [6.45, 7) is 22.8. The van der Waals surface area contributed by atoms with Gasteiger partial charge < -0.3 is 24.8 Å². The summed E-state index contributed by atoms with van der Waals surface area (Å²) in [4.78, 5) is 0. The van der Waals surface area contributed by atoms with E-state index in [0.717, 1.165) is 51.4 Å². The Morgan fingerprint density at radius 1 is 0.691 bits per heavy atom. The number of fused-ring (bicyclic) bond motifs is 5. The SMILES string of the molecule is CC1=C[CH-]C(C)(C)c2cc3c(cc21)-c1cc2c(cc1C3)C(C)(C)CC=C2C.Cc1cc(C(C)(C)C)c[cH-]1.Fc1cccc([C](=[Zr+2])c2cccc(F)c2)c1.[Cl-].[Cl-]. The first-order valence-corrected chi connectivity index (χ1v) is 20.0. The minimum Gasteiger partial charge on any atom is -1.00 e. The van der Waals surface area contributed by atoms with Crippen LogP contribution in [0.25, 0.3) is 22.3 Å². The van der Waals surface area contributed by atoms with Crippen LogP contribution in [0.1, 0.15) is 124 Å². The molecule has 0 atom stereocenters. The third-order valence-corrected chi connectivity index (χ3v) is 12.5. The Kier molecular flexibility index (Phi) is 13.8. The van der Waals surface area contributed by atoms with Crippen LogP contribution in [0.5, 0.6) is 0 Å². The fourth-order valence-electron chi connectivity index (χ4n) is 7.66. The Labute approximate surface area is 356 Å². The van der Waals surface area contributed by atoms with Gasteiger partial charge in [-0.1, -0.05) is 96.1 Å². The van der Waals surface area contributed by atoms with Crippen molar-refractivity contribution < 1.29 is 57.8 Å². The predicted molar refractivity (Wildman–Crippen MR) is 218 cm³/mol. The standard InChI is InChI=1S/C27H29.C13H8F2.C10H15.2ClH.Zr/c1-16-7-9-26(3,4)24-12-18-11-19-13-25-21(17(2)8-10-27(25,5)6)15-23(19)22(18)14-20(16)24;14-12-5-1-3-10(8-12)7-11-4-2-6-13(15)9-11;1-8-5-6-9(7-8)10(2,3)4;;;/h7-9,12-15H,10-11H2,1-6H3;1-6,8-9H;5-7H,1-4H3;2*1H;/q-1;;-1;;;+2/p-2. The second-order valence-electron chi connectivity index (χ2n) is 17.3. The molecule has 0 bridgehead atoms. The fraction of sp³-hybridized carbons (Fsp3) is 0.300. The molecular formula is C50H52Cl2F2Zr-2. The molecule has 0 aliphatic heterocycles. The quantitative estimate of drug-likeness (QED) is 0.160. The molecule has 0 spiro atoms. The molecule has 55 heavy (non-hydrogen) atoms. The van der Waals surface area contributed by atoms with Gasteiger partial charge in [0.1, 0.15) is 0 Å². The molecule has 5 aromatic rings. The van der Waals surface area contributed by atoms with Gasteiger partial charge in [0.15, 0.2) is 0 Å². The topological polar surface area (TPSA) is 0 Å². The second-order valence-corrected chi connectivity index (χ2v) is 18.6.